The van der Waals surface area contributed by atoms with Gasteiger partial charge in [-0.2, -0.15) is 13.2 Å². The molecule has 1 saturated carbocycles. The summed E-state index contributed by atoms with van der Waals surface area (Å²) in [7, 11) is 3.43. The fraction of sp³-hybridized carbons (Fsp3) is 0.483. The molecule has 212 valence electrons. The lowest BCUT2D eigenvalue weighted by Crippen LogP contribution is -2.50. The number of hydrogen-bond acceptors (Lipinski definition) is 5. The lowest BCUT2D eigenvalue weighted by Gasteiger charge is -2.40. The molecular weight excluding hydrogens is 511 g/mol. The van der Waals surface area contributed by atoms with Crippen LogP contribution in [0.15, 0.2) is 48.5 Å². The van der Waals surface area contributed by atoms with Crippen LogP contribution in [0, 0.1) is 5.92 Å². The van der Waals surface area contributed by atoms with Gasteiger partial charge in [-0.05, 0) is 87.5 Å². The van der Waals surface area contributed by atoms with Crippen LogP contribution in [0.5, 0.6) is 0 Å². The second-order valence-corrected chi connectivity index (χ2v) is 9.97. The van der Waals surface area contributed by atoms with Gasteiger partial charge in [-0.25, -0.2) is 4.79 Å². The van der Waals surface area contributed by atoms with Gasteiger partial charge in [0.15, 0.2) is 0 Å². The number of alkyl halides is 3. The Bertz CT molecular complexity index is 1150. The third kappa shape index (κ3) is 8.54. The predicted octanol–water partition coefficient (Wildman–Crippen LogP) is 4.46. The van der Waals surface area contributed by atoms with Gasteiger partial charge in [-0.1, -0.05) is 25.1 Å². The van der Waals surface area contributed by atoms with E-state index in [0.717, 1.165) is 62.4 Å². The number of benzene rings is 2. The summed E-state index contributed by atoms with van der Waals surface area (Å²) in [5.74, 6) is -1.36. The average molecular weight is 548 g/mol. The third-order valence-corrected chi connectivity index (χ3v) is 7.44. The number of esters is 1. The molecule has 0 radical (unpaired) electrons. The molecule has 2 aromatic rings. The first-order valence-electron chi connectivity index (χ1n) is 13.1. The fourth-order valence-electron chi connectivity index (χ4n) is 5.09. The van der Waals surface area contributed by atoms with E-state index in [1.807, 2.05) is 18.2 Å². The molecule has 3 rings (SSSR count). The van der Waals surface area contributed by atoms with Crippen molar-refractivity contribution < 1.29 is 32.3 Å². The maximum absolute atomic E-state index is 13.0. The van der Waals surface area contributed by atoms with Crippen molar-refractivity contribution in [2.75, 3.05) is 27.2 Å². The second-order valence-electron chi connectivity index (χ2n) is 9.97. The number of methoxy groups -OCH3 is 1. The first kappa shape index (κ1) is 30.1. The highest BCUT2D eigenvalue weighted by Gasteiger charge is 2.33. The monoisotopic (exact) mass is 547 g/mol. The van der Waals surface area contributed by atoms with Crippen molar-refractivity contribution in [1.29, 1.82) is 0 Å². The van der Waals surface area contributed by atoms with Gasteiger partial charge in [-0.3, -0.25) is 9.59 Å². The van der Waals surface area contributed by atoms with Gasteiger partial charge in [-0.15, -0.1) is 0 Å². The zero-order chi connectivity index (χ0) is 28.6. The minimum absolute atomic E-state index is 0.103. The average Bonchev–Trinajstić information content (AvgIpc) is 2.94. The molecule has 0 aliphatic heterocycles. The Morgan fingerprint density at radius 2 is 1.77 bits per heavy atom. The third-order valence-electron chi connectivity index (χ3n) is 7.44. The summed E-state index contributed by atoms with van der Waals surface area (Å²) in [6.45, 7) is 2.68. The van der Waals surface area contributed by atoms with E-state index in [0.29, 0.717) is 11.6 Å². The molecule has 0 heterocycles. The van der Waals surface area contributed by atoms with E-state index in [9.17, 15) is 27.6 Å². The highest BCUT2D eigenvalue weighted by molar-refractivity contribution is 5.96. The van der Waals surface area contributed by atoms with Crippen LogP contribution in [0.1, 0.15) is 64.4 Å². The van der Waals surface area contributed by atoms with Crippen LogP contribution in [-0.2, 0) is 22.1 Å². The van der Waals surface area contributed by atoms with Crippen LogP contribution >= 0.6 is 0 Å². The van der Waals surface area contributed by atoms with E-state index in [1.165, 1.54) is 13.2 Å². The smallest absolute Gasteiger partial charge is 0.416 e. The van der Waals surface area contributed by atoms with Crippen molar-refractivity contribution in [3.8, 4) is 0 Å². The van der Waals surface area contributed by atoms with Crippen molar-refractivity contribution >= 4 is 17.8 Å². The number of halogens is 3. The number of carbonyl (C=O) groups is 3. The van der Waals surface area contributed by atoms with E-state index in [2.05, 4.69) is 29.5 Å². The van der Waals surface area contributed by atoms with E-state index >= 15 is 0 Å². The maximum atomic E-state index is 13.0. The Morgan fingerprint density at radius 1 is 1.05 bits per heavy atom. The number of aryl methyl sites for hydroxylation is 1. The van der Waals surface area contributed by atoms with Gasteiger partial charge in [0.25, 0.3) is 5.91 Å². The van der Waals surface area contributed by atoms with Gasteiger partial charge >= 0.3 is 12.1 Å². The van der Waals surface area contributed by atoms with Gasteiger partial charge in [0.2, 0.25) is 5.91 Å². The van der Waals surface area contributed by atoms with Crippen molar-refractivity contribution in [1.82, 2.24) is 15.5 Å². The van der Waals surface area contributed by atoms with Crippen LogP contribution in [0.2, 0.25) is 0 Å². The van der Waals surface area contributed by atoms with Crippen molar-refractivity contribution in [2.45, 2.75) is 57.3 Å². The molecule has 0 saturated heterocycles. The SMILES string of the molecule is CCN(C)C1CCC(NC(=O)CNC(=O)c2cccc(C(F)(F)F)c2)C(CCc2cccc(C(=O)OC)c2)C1. The van der Waals surface area contributed by atoms with Crippen molar-refractivity contribution in [3.63, 3.8) is 0 Å². The second kappa shape index (κ2) is 13.6. The molecule has 2 N–H and O–H groups in total. The fourth-order valence-corrected chi connectivity index (χ4v) is 5.09. The highest BCUT2D eigenvalue weighted by atomic mass is 19.4. The van der Waals surface area contributed by atoms with Crippen molar-refractivity contribution in [3.05, 3.63) is 70.8 Å². The summed E-state index contributed by atoms with van der Waals surface area (Å²) in [5.41, 5.74) is 0.409. The Morgan fingerprint density at radius 3 is 2.46 bits per heavy atom. The van der Waals surface area contributed by atoms with Crippen LogP contribution in [-0.4, -0.2) is 62.0 Å². The maximum Gasteiger partial charge on any atom is 0.416 e. The summed E-state index contributed by atoms with van der Waals surface area (Å²) in [5, 5.41) is 5.47. The molecule has 3 unspecified atom stereocenters. The Balaban J connectivity index is 1.62. The zero-order valence-corrected chi connectivity index (χ0v) is 22.5. The summed E-state index contributed by atoms with van der Waals surface area (Å²) in [6, 6.07) is 11.7. The first-order chi connectivity index (χ1) is 18.5. The number of hydrogen-bond donors (Lipinski definition) is 2. The molecule has 7 nitrogen and oxygen atoms in total. The topological polar surface area (TPSA) is 87.7 Å². The van der Waals surface area contributed by atoms with Gasteiger partial charge < -0.3 is 20.3 Å². The number of carbonyl (C=O) groups excluding carboxylic acids is 3. The van der Waals surface area contributed by atoms with Crippen LogP contribution in [0.4, 0.5) is 13.2 Å². The Kier molecular flexibility index (Phi) is 10.5. The molecular formula is C29H36F3N3O4. The van der Waals surface area contributed by atoms with E-state index < -0.39 is 23.6 Å². The minimum atomic E-state index is -4.56. The largest absolute Gasteiger partial charge is 0.465 e. The number of rotatable bonds is 10. The van der Waals surface area contributed by atoms with Gasteiger partial charge in [0, 0.05) is 17.6 Å². The number of amides is 2. The summed E-state index contributed by atoms with van der Waals surface area (Å²) < 4.78 is 43.7. The number of nitrogens with one attached hydrogen (secondary N) is 2. The quantitative estimate of drug-likeness (QED) is 0.429. The molecule has 39 heavy (non-hydrogen) atoms. The highest BCUT2D eigenvalue weighted by Crippen LogP contribution is 2.32. The van der Waals surface area contributed by atoms with Crippen LogP contribution < -0.4 is 10.6 Å². The van der Waals surface area contributed by atoms with Crippen molar-refractivity contribution in [2.24, 2.45) is 5.92 Å². The Hall–Kier alpha value is -3.40. The summed E-state index contributed by atoms with van der Waals surface area (Å²) >= 11 is 0. The first-order valence-corrected chi connectivity index (χ1v) is 13.1. The molecule has 0 bridgehead atoms. The van der Waals surface area contributed by atoms with Crippen LogP contribution in [0.3, 0.4) is 0 Å². The lowest BCUT2D eigenvalue weighted by molar-refractivity contribution is -0.137. The standard InChI is InChI=1S/C29H36F3N3O4/c1-4-35(2)24-13-14-25(20(17-24)12-11-19-7-5-9-22(15-19)28(38)39-3)34-26(36)18-33-27(37)21-8-6-10-23(16-21)29(30,31)32/h5-10,15-16,20,24-25H,4,11-14,17-18H2,1-3H3,(H,33,37)(H,34,36). The molecule has 2 amide bonds. The summed E-state index contributed by atoms with van der Waals surface area (Å²) in [6.07, 6.45) is -0.469. The molecule has 2 aromatic carbocycles. The minimum Gasteiger partial charge on any atom is -0.465 e. The predicted molar refractivity (Wildman–Crippen MR) is 141 cm³/mol. The lowest BCUT2D eigenvalue weighted by atomic mass is 9.78. The molecule has 1 fully saturated rings. The number of nitrogens with zero attached hydrogens (tertiary/aromatic N) is 1. The van der Waals surface area contributed by atoms with Crippen LogP contribution in [0.25, 0.3) is 0 Å². The normalized spacial score (nSPS) is 19.4. The molecule has 3 atom stereocenters. The molecule has 0 spiro atoms. The Labute approximate surface area is 227 Å². The zero-order valence-electron chi connectivity index (χ0n) is 22.5. The van der Waals surface area contributed by atoms with E-state index in [-0.39, 0.29) is 30.0 Å². The molecule has 10 heteroatoms. The molecule has 1 aliphatic carbocycles. The molecule has 1 aliphatic rings. The van der Waals surface area contributed by atoms with E-state index in [1.54, 1.807) is 6.07 Å². The van der Waals surface area contributed by atoms with Gasteiger partial charge in [0.1, 0.15) is 0 Å². The number of ether oxygens (including phenoxy) is 1. The van der Waals surface area contributed by atoms with E-state index in [4.69, 9.17) is 4.74 Å². The molecule has 0 aromatic heterocycles. The van der Waals surface area contributed by atoms with Gasteiger partial charge in [0.05, 0.1) is 24.8 Å². The summed E-state index contributed by atoms with van der Waals surface area (Å²) in [4.78, 5) is 39.4.